The topological polar surface area (TPSA) is 85.6 Å². The monoisotopic (exact) mass is 413 g/mol. The fourth-order valence-electron chi connectivity index (χ4n) is 3.12. The summed E-state index contributed by atoms with van der Waals surface area (Å²) in [7, 11) is -2.34. The number of nitrogens with one attached hydrogen (secondary N) is 1. The lowest BCUT2D eigenvalue weighted by Crippen LogP contribution is -2.32. The molecule has 1 atom stereocenters. The Labute approximate surface area is 170 Å². The first kappa shape index (κ1) is 20.7. The van der Waals surface area contributed by atoms with Crippen LogP contribution in [0, 0.1) is 13.8 Å². The van der Waals surface area contributed by atoms with Gasteiger partial charge >= 0.3 is 0 Å². The molecule has 0 aliphatic carbocycles. The number of benzene rings is 2. The number of sulfone groups is 1. The van der Waals surface area contributed by atoms with Gasteiger partial charge in [-0.1, -0.05) is 24.3 Å². The predicted octanol–water partition coefficient (Wildman–Crippen LogP) is 3.85. The minimum absolute atomic E-state index is 0.139. The summed E-state index contributed by atoms with van der Waals surface area (Å²) >= 11 is 0. The standard InChI is InChI=1S/C22H23NO5S/c1-15-10-11-16(2)20(13-15)29(25,26)21(19-9-6-12-28-19)14-23-22(24)17-7-4-5-8-18(17)27-3/h4-13,21H,14H2,1-3H3,(H,23,24)/t21-/m1/s1. The summed E-state index contributed by atoms with van der Waals surface area (Å²) in [5.41, 5.74) is 1.81. The summed E-state index contributed by atoms with van der Waals surface area (Å²) in [5.74, 6) is 0.262. The maximum Gasteiger partial charge on any atom is 0.255 e. The summed E-state index contributed by atoms with van der Waals surface area (Å²) in [4.78, 5) is 12.9. The minimum Gasteiger partial charge on any atom is -0.496 e. The molecule has 152 valence electrons. The lowest BCUT2D eigenvalue weighted by atomic mass is 10.2. The summed E-state index contributed by atoms with van der Waals surface area (Å²) in [5, 5.41) is 1.66. The zero-order chi connectivity index (χ0) is 21.0. The molecule has 1 aromatic heterocycles. The molecule has 6 nitrogen and oxygen atoms in total. The lowest BCUT2D eigenvalue weighted by molar-refractivity contribution is 0.0950. The Kier molecular flexibility index (Phi) is 6.08. The number of methoxy groups -OCH3 is 1. The van der Waals surface area contributed by atoms with Gasteiger partial charge in [0.05, 0.1) is 23.8 Å². The maximum atomic E-state index is 13.4. The average molecular weight is 413 g/mol. The quantitative estimate of drug-likeness (QED) is 0.636. The van der Waals surface area contributed by atoms with E-state index in [9.17, 15) is 13.2 Å². The molecule has 0 bridgehead atoms. The molecule has 3 aromatic rings. The molecule has 2 aromatic carbocycles. The van der Waals surface area contributed by atoms with Crippen LogP contribution < -0.4 is 10.1 Å². The Morgan fingerprint density at radius 1 is 1.10 bits per heavy atom. The van der Waals surface area contributed by atoms with Gasteiger partial charge in [-0.15, -0.1) is 0 Å². The van der Waals surface area contributed by atoms with Crippen molar-refractivity contribution in [2.75, 3.05) is 13.7 Å². The summed E-state index contributed by atoms with van der Waals surface area (Å²) in [6, 6.07) is 15.3. The van der Waals surface area contributed by atoms with Gasteiger partial charge < -0.3 is 14.5 Å². The van der Waals surface area contributed by atoms with Gasteiger partial charge in [-0.3, -0.25) is 4.79 Å². The third-order valence-corrected chi connectivity index (χ3v) is 6.89. The van der Waals surface area contributed by atoms with Crippen LogP contribution in [0.3, 0.4) is 0 Å². The Bertz CT molecular complexity index is 1100. The van der Waals surface area contributed by atoms with Crippen LogP contribution in [0.1, 0.15) is 32.5 Å². The highest BCUT2D eigenvalue weighted by Crippen LogP contribution is 2.31. The molecule has 0 saturated heterocycles. The number of carbonyl (C=O) groups excluding carboxylic acids is 1. The number of carbonyl (C=O) groups is 1. The third kappa shape index (κ3) is 4.35. The van der Waals surface area contributed by atoms with Gasteiger partial charge in [0.15, 0.2) is 9.84 Å². The van der Waals surface area contributed by atoms with Crippen molar-refractivity contribution >= 4 is 15.7 Å². The van der Waals surface area contributed by atoms with Crippen molar-refractivity contribution in [2.45, 2.75) is 24.0 Å². The average Bonchev–Trinajstić information content (AvgIpc) is 3.23. The normalized spacial score (nSPS) is 12.4. The van der Waals surface area contributed by atoms with Gasteiger partial charge in [-0.2, -0.15) is 0 Å². The molecule has 0 spiro atoms. The van der Waals surface area contributed by atoms with E-state index in [1.165, 1.54) is 13.4 Å². The fourth-order valence-corrected chi connectivity index (χ4v) is 5.03. The zero-order valence-corrected chi connectivity index (χ0v) is 17.3. The van der Waals surface area contributed by atoms with E-state index in [0.717, 1.165) is 5.56 Å². The zero-order valence-electron chi connectivity index (χ0n) is 16.5. The molecule has 0 unspecified atom stereocenters. The van der Waals surface area contributed by atoms with Gasteiger partial charge in [-0.25, -0.2) is 8.42 Å². The molecule has 1 N–H and O–H groups in total. The van der Waals surface area contributed by atoms with Crippen molar-refractivity contribution in [1.29, 1.82) is 0 Å². The molecule has 0 fully saturated rings. The van der Waals surface area contributed by atoms with Crippen molar-refractivity contribution in [2.24, 2.45) is 0 Å². The van der Waals surface area contributed by atoms with Crippen LogP contribution in [-0.4, -0.2) is 28.0 Å². The number of amides is 1. The first-order valence-electron chi connectivity index (χ1n) is 9.10. The van der Waals surface area contributed by atoms with E-state index in [2.05, 4.69) is 5.32 Å². The first-order chi connectivity index (χ1) is 13.8. The minimum atomic E-state index is -3.81. The number of para-hydroxylation sites is 1. The fraction of sp³-hybridized carbons (Fsp3) is 0.227. The van der Waals surface area contributed by atoms with Crippen molar-refractivity contribution in [3.8, 4) is 5.75 Å². The van der Waals surface area contributed by atoms with Crippen LogP contribution in [0.2, 0.25) is 0 Å². The molecular weight excluding hydrogens is 390 g/mol. The van der Waals surface area contributed by atoms with E-state index in [0.29, 0.717) is 16.9 Å². The van der Waals surface area contributed by atoms with Gasteiger partial charge in [0, 0.05) is 6.54 Å². The maximum absolute atomic E-state index is 13.4. The number of furan rings is 1. The number of hydrogen-bond acceptors (Lipinski definition) is 5. The van der Waals surface area contributed by atoms with Crippen LogP contribution in [0.4, 0.5) is 0 Å². The van der Waals surface area contributed by atoms with Crippen LogP contribution >= 0.6 is 0 Å². The first-order valence-corrected chi connectivity index (χ1v) is 10.6. The molecule has 0 aliphatic rings. The summed E-state index contributed by atoms with van der Waals surface area (Å²) < 4.78 is 37.5. The second kappa shape index (κ2) is 8.53. The van der Waals surface area contributed by atoms with E-state index in [4.69, 9.17) is 9.15 Å². The Morgan fingerprint density at radius 2 is 1.86 bits per heavy atom. The Balaban J connectivity index is 1.93. The van der Waals surface area contributed by atoms with Gasteiger partial charge in [-0.05, 0) is 55.3 Å². The van der Waals surface area contributed by atoms with E-state index >= 15 is 0 Å². The van der Waals surface area contributed by atoms with Crippen molar-refractivity contribution in [3.63, 3.8) is 0 Å². The predicted molar refractivity (Wildman–Crippen MR) is 110 cm³/mol. The van der Waals surface area contributed by atoms with E-state index in [1.54, 1.807) is 55.5 Å². The highest BCUT2D eigenvalue weighted by Gasteiger charge is 2.33. The van der Waals surface area contributed by atoms with E-state index < -0.39 is 21.0 Å². The molecule has 29 heavy (non-hydrogen) atoms. The molecular formula is C22H23NO5S. The number of hydrogen-bond donors (Lipinski definition) is 1. The molecule has 1 heterocycles. The number of aryl methyl sites for hydroxylation is 2. The largest absolute Gasteiger partial charge is 0.496 e. The second-order valence-corrected chi connectivity index (χ2v) is 8.83. The number of rotatable bonds is 7. The summed E-state index contributed by atoms with van der Waals surface area (Å²) in [6.45, 7) is 3.45. The molecule has 0 radical (unpaired) electrons. The SMILES string of the molecule is COc1ccccc1C(=O)NC[C@H](c1ccco1)S(=O)(=O)c1cc(C)ccc1C. The van der Waals surface area contributed by atoms with Crippen LogP contribution in [0.25, 0.3) is 0 Å². The van der Waals surface area contributed by atoms with Crippen LogP contribution in [0.15, 0.2) is 70.2 Å². The summed E-state index contributed by atoms with van der Waals surface area (Å²) in [6.07, 6.45) is 1.42. The third-order valence-electron chi connectivity index (χ3n) is 4.68. The van der Waals surface area contributed by atoms with E-state index in [1.807, 2.05) is 13.0 Å². The molecule has 0 aliphatic heterocycles. The Hall–Kier alpha value is -3.06. The molecule has 7 heteroatoms. The van der Waals surface area contributed by atoms with Crippen LogP contribution in [0.5, 0.6) is 5.75 Å². The second-order valence-electron chi connectivity index (χ2n) is 6.73. The van der Waals surface area contributed by atoms with Crippen molar-refractivity contribution in [1.82, 2.24) is 5.32 Å². The molecule has 3 rings (SSSR count). The van der Waals surface area contributed by atoms with Crippen molar-refractivity contribution < 1.29 is 22.4 Å². The number of ether oxygens (including phenoxy) is 1. The molecule has 1 amide bonds. The highest BCUT2D eigenvalue weighted by molar-refractivity contribution is 7.91. The van der Waals surface area contributed by atoms with Crippen molar-refractivity contribution in [3.05, 3.63) is 83.3 Å². The van der Waals surface area contributed by atoms with Gasteiger partial charge in [0.1, 0.15) is 16.8 Å². The Morgan fingerprint density at radius 3 is 2.55 bits per heavy atom. The lowest BCUT2D eigenvalue weighted by Gasteiger charge is -2.19. The van der Waals surface area contributed by atoms with Gasteiger partial charge in [0.25, 0.3) is 5.91 Å². The smallest absolute Gasteiger partial charge is 0.255 e. The molecule has 0 saturated carbocycles. The van der Waals surface area contributed by atoms with E-state index in [-0.39, 0.29) is 17.2 Å². The van der Waals surface area contributed by atoms with Gasteiger partial charge in [0.2, 0.25) is 0 Å². The highest BCUT2D eigenvalue weighted by atomic mass is 32.2. The van der Waals surface area contributed by atoms with Crippen LogP contribution in [-0.2, 0) is 9.84 Å².